The maximum Gasteiger partial charge on any atom is 0.550 e. The minimum atomic E-state index is -0.405. The molecular weight excluding hydrogens is 211 g/mol. The summed E-state index contributed by atoms with van der Waals surface area (Å²) in [5, 5.41) is 0. The Hall–Kier alpha value is -0.715. The zero-order valence-corrected chi connectivity index (χ0v) is 11.5. The molecule has 0 spiro atoms. The zero-order valence-electron chi connectivity index (χ0n) is 11.5. The molecule has 0 aromatic carbocycles. The van der Waals surface area contributed by atoms with Gasteiger partial charge in [-0.25, -0.2) is 0 Å². The first-order valence-electron chi connectivity index (χ1n) is 6.59. The van der Waals surface area contributed by atoms with E-state index in [1.54, 1.807) is 0 Å². The standard InChI is InChI=1S/C14H23BO2/c1-12(2)16-15(17-13(3)4)11-10-14-8-6-5-7-9-14/h8,12-13H,5-7,9H2,1-4H3. The fraction of sp³-hybridized carbons (Fsp3) is 0.714. The first-order valence-corrected chi connectivity index (χ1v) is 6.59. The second-order valence-electron chi connectivity index (χ2n) is 4.95. The Bertz CT molecular complexity index is 300. The second kappa shape index (κ2) is 7.58. The monoisotopic (exact) mass is 234 g/mol. The van der Waals surface area contributed by atoms with Crippen molar-refractivity contribution in [3.05, 3.63) is 11.6 Å². The lowest BCUT2D eigenvalue weighted by molar-refractivity contribution is 0.140. The molecule has 1 rings (SSSR count). The lowest BCUT2D eigenvalue weighted by atomic mass is 9.88. The molecule has 2 nitrogen and oxygen atoms in total. The molecule has 0 N–H and O–H groups in total. The summed E-state index contributed by atoms with van der Waals surface area (Å²) in [4.78, 5) is 0. The van der Waals surface area contributed by atoms with Crippen LogP contribution in [0.1, 0.15) is 53.4 Å². The van der Waals surface area contributed by atoms with E-state index in [4.69, 9.17) is 9.31 Å². The molecule has 0 radical (unpaired) electrons. The summed E-state index contributed by atoms with van der Waals surface area (Å²) in [5.41, 5.74) is 1.24. The van der Waals surface area contributed by atoms with Crippen molar-refractivity contribution in [2.45, 2.75) is 65.6 Å². The molecular formula is C14H23BO2. The Labute approximate surface area is 106 Å². The summed E-state index contributed by atoms with van der Waals surface area (Å²) in [7, 11) is -0.405. The van der Waals surface area contributed by atoms with Crippen LogP contribution in [0, 0.1) is 11.7 Å². The van der Waals surface area contributed by atoms with Crippen molar-refractivity contribution in [1.29, 1.82) is 0 Å². The minimum absolute atomic E-state index is 0.133. The quantitative estimate of drug-likeness (QED) is 0.548. The molecule has 0 saturated carbocycles. The van der Waals surface area contributed by atoms with Crippen molar-refractivity contribution in [3.8, 4) is 11.7 Å². The highest BCUT2D eigenvalue weighted by atomic mass is 16.6. The first-order chi connectivity index (χ1) is 8.08. The van der Waals surface area contributed by atoms with Gasteiger partial charge in [0.1, 0.15) is 0 Å². The number of allylic oxidation sites excluding steroid dienone is 2. The van der Waals surface area contributed by atoms with Crippen LogP contribution in [0.3, 0.4) is 0 Å². The second-order valence-corrected chi connectivity index (χ2v) is 4.95. The Morgan fingerprint density at radius 2 is 1.76 bits per heavy atom. The largest absolute Gasteiger partial charge is 0.550 e. The first kappa shape index (κ1) is 14.3. The Morgan fingerprint density at radius 3 is 2.24 bits per heavy atom. The summed E-state index contributed by atoms with van der Waals surface area (Å²) in [6.45, 7) is 7.99. The maximum atomic E-state index is 5.63. The number of hydrogen-bond acceptors (Lipinski definition) is 2. The molecule has 0 bridgehead atoms. The van der Waals surface area contributed by atoms with Crippen LogP contribution in [0.15, 0.2) is 11.6 Å². The molecule has 0 atom stereocenters. The molecule has 0 heterocycles. The smallest absolute Gasteiger partial charge is 0.398 e. The molecule has 1 aliphatic rings. The van der Waals surface area contributed by atoms with Gasteiger partial charge in [0.15, 0.2) is 0 Å². The SMILES string of the molecule is CC(C)OB(C#CC1=CCCCC1)OC(C)C. The van der Waals surface area contributed by atoms with E-state index in [1.165, 1.54) is 18.4 Å². The molecule has 17 heavy (non-hydrogen) atoms. The highest BCUT2D eigenvalue weighted by Crippen LogP contribution is 2.16. The van der Waals surface area contributed by atoms with Crippen LogP contribution in [-0.2, 0) is 9.31 Å². The zero-order chi connectivity index (χ0) is 12.7. The average molecular weight is 234 g/mol. The lowest BCUT2D eigenvalue weighted by Gasteiger charge is -2.15. The van der Waals surface area contributed by atoms with Crippen LogP contribution in [-0.4, -0.2) is 19.3 Å². The molecule has 0 unspecified atom stereocenters. The van der Waals surface area contributed by atoms with E-state index in [9.17, 15) is 0 Å². The molecule has 94 valence electrons. The Balaban J connectivity index is 2.57. The third kappa shape index (κ3) is 6.56. The van der Waals surface area contributed by atoms with Gasteiger partial charge < -0.3 is 9.31 Å². The highest BCUT2D eigenvalue weighted by molar-refractivity contribution is 6.54. The van der Waals surface area contributed by atoms with Crippen molar-refractivity contribution in [3.63, 3.8) is 0 Å². The molecule has 0 fully saturated rings. The van der Waals surface area contributed by atoms with Gasteiger partial charge in [-0.05, 0) is 59.0 Å². The third-order valence-corrected chi connectivity index (χ3v) is 2.43. The van der Waals surface area contributed by atoms with E-state index in [2.05, 4.69) is 17.8 Å². The van der Waals surface area contributed by atoms with Crippen LogP contribution in [0.4, 0.5) is 0 Å². The Kier molecular flexibility index (Phi) is 6.40. The molecule has 0 aromatic rings. The van der Waals surface area contributed by atoms with E-state index in [0.717, 1.165) is 12.8 Å². The molecule has 3 heteroatoms. The summed E-state index contributed by atoms with van der Waals surface area (Å²) >= 11 is 0. The van der Waals surface area contributed by atoms with Crippen molar-refractivity contribution in [2.75, 3.05) is 0 Å². The highest BCUT2D eigenvalue weighted by Gasteiger charge is 2.19. The van der Waals surface area contributed by atoms with Gasteiger partial charge in [-0.2, -0.15) is 0 Å². The van der Waals surface area contributed by atoms with Crippen LogP contribution in [0.5, 0.6) is 0 Å². The predicted molar refractivity (Wildman–Crippen MR) is 72.5 cm³/mol. The topological polar surface area (TPSA) is 18.5 Å². The van der Waals surface area contributed by atoms with Gasteiger partial charge >= 0.3 is 7.12 Å². The summed E-state index contributed by atoms with van der Waals surface area (Å²) in [6, 6.07) is 0. The van der Waals surface area contributed by atoms with Gasteiger partial charge in [-0.3, -0.25) is 0 Å². The minimum Gasteiger partial charge on any atom is -0.398 e. The van der Waals surface area contributed by atoms with Crippen LogP contribution >= 0.6 is 0 Å². The summed E-state index contributed by atoms with van der Waals surface area (Å²) in [5.74, 6) is 6.28. The molecule has 0 amide bonds. The molecule has 0 saturated heterocycles. The van der Waals surface area contributed by atoms with Crippen LogP contribution in [0.2, 0.25) is 0 Å². The van der Waals surface area contributed by atoms with Gasteiger partial charge in [0.05, 0.1) is 0 Å². The van der Waals surface area contributed by atoms with Gasteiger partial charge in [0.25, 0.3) is 0 Å². The number of hydrogen-bond donors (Lipinski definition) is 0. The fourth-order valence-corrected chi connectivity index (χ4v) is 1.70. The normalized spacial score (nSPS) is 15.5. The van der Waals surface area contributed by atoms with Gasteiger partial charge in [0.2, 0.25) is 0 Å². The average Bonchev–Trinajstić information content (AvgIpc) is 2.26. The van der Waals surface area contributed by atoms with E-state index in [1.807, 2.05) is 27.7 Å². The molecule has 0 aromatic heterocycles. The van der Waals surface area contributed by atoms with Crippen molar-refractivity contribution in [1.82, 2.24) is 0 Å². The summed E-state index contributed by atoms with van der Waals surface area (Å²) < 4.78 is 11.3. The van der Waals surface area contributed by atoms with Gasteiger partial charge in [-0.1, -0.05) is 17.8 Å². The number of rotatable bonds is 4. The van der Waals surface area contributed by atoms with E-state index in [-0.39, 0.29) is 12.2 Å². The van der Waals surface area contributed by atoms with E-state index in [0.29, 0.717) is 0 Å². The van der Waals surface area contributed by atoms with Crippen molar-refractivity contribution in [2.24, 2.45) is 0 Å². The van der Waals surface area contributed by atoms with E-state index >= 15 is 0 Å². The van der Waals surface area contributed by atoms with Gasteiger partial charge in [-0.15, -0.1) is 0 Å². The maximum absolute atomic E-state index is 5.63. The molecule has 1 aliphatic carbocycles. The molecule has 0 aliphatic heterocycles. The Morgan fingerprint density at radius 1 is 1.12 bits per heavy atom. The van der Waals surface area contributed by atoms with Crippen LogP contribution in [0.25, 0.3) is 0 Å². The van der Waals surface area contributed by atoms with E-state index < -0.39 is 7.12 Å². The lowest BCUT2D eigenvalue weighted by Crippen LogP contribution is -2.28. The summed E-state index contributed by atoms with van der Waals surface area (Å²) in [6.07, 6.45) is 7.30. The predicted octanol–water partition coefficient (Wildman–Crippen LogP) is 3.37. The van der Waals surface area contributed by atoms with Gasteiger partial charge in [0, 0.05) is 12.2 Å². The van der Waals surface area contributed by atoms with Crippen LogP contribution < -0.4 is 0 Å². The van der Waals surface area contributed by atoms with Crippen molar-refractivity contribution < 1.29 is 9.31 Å². The fourth-order valence-electron chi connectivity index (χ4n) is 1.70. The van der Waals surface area contributed by atoms with Crippen molar-refractivity contribution >= 4 is 7.12 Å². The third-order valence-electron chi connectivity index (χ3n) is 2.43.